The molecule has 0 aromatic heterocycles. The molecule has 0 spiro atoms. The van der Waals surface area contributed by atoms with Crippen molar-refractivity contribution < 1.29 is 18.6 Å². The zero-order valence-electron chi connectivity index (χ0n) is 15.1. The maximum Gasteiger partial charge on any atom is 0.166 e. The van der Waals surface area contributed by atoms with E-state index < -0.39 is 0 Å². The van der Waals surface area contributed by atoms with Crippen LogP contribution in [0.1, 0.15) is 39.2 Å². The first kappa shape index (κ1) is 16.7. The Kier molecular flexibility index (Phi) is 4.14. The first-order valence-electron chi connectivity index (χ1n) is 9.13. The first-order chi connectivity index (χ1) is 11.9. The number of hydrogen-bond acceptors (Lipinski definition) is 4. The van der Waals surface area contributed by atoms with Gasteiger partial charge in [0.15, 0.2) is 11.6 Å². The number of rotatable bonds is 6. The molecular formula is C20H26FNO3. The summed E-state index contributed by atoms with van der Waals surface area (Å²) >= 11 is 0. The molecule has 1 saturated heterocycles. The van der Waals surface area contributed by atoms with Crippen LogP contribution < -0.4 is 14.8 Å². The van der Waals surface area contributed by atoms with Gasteiger partial charge in [0.2, 0.25) is 0 Å². The van der Waals surface area contributed by atoms with Crippen LogP contribution in [0.25, 0.3) is 5.70 Å². The van der Waals surface area contributed by atoms with E-state index in [9.17, 15) is 4.39 Å². The molecule has 136 valence electrons. The predicted molar refractivity (Wildman–Crippen MR) is 94.2 cm³/mol. The highest BCUT2D eigenvalue weighted by atomic mass is 19.1. The van der Waals surface area contributed by atoms with Crippen LogP contribution >= 0.6 is 0 Å². The van der Waals surface area contributed by atoms with Crippen molar-refractivity contribution in [2.45, 2.75) is 45.8 Å². The Bertz CT molecular complexity index is 692. The lowest BCUT2D eigenvalue weighted by Gasteiger charge is -2.37. The number of hydrogen-bond donors (Lipinski definition) is 1. The highest BCUT2D eigenvalue weighted by Crippen LogP contribution is 2.39. The van der Waals surface area contributed by atoms with Gasteiger partial charge >= 0.3 is 0 Å². The summed E-state index contributed by atoms with van der Waals surface area (Å²) in [5.74, 6) is 0.931. The quantitative estimate of drug-likeness (QED) is 0.851. The molecule has 1 aromatic carbocycles. The van der Waals surface area contributed by atoms with Crippen LogP contribution in [0.4, 0.5) is 4.39 Å². The molecule has 1 unspecified atom stereocenters. The molecule has 0 bridgehead atoms. The van der Waals surface area contributed by atoms with E-state index in [-0.39, 0.29) is 23.1 Å². The SMILES string of the molecule is CC(C)C1C=C(NC2CC2)c2cc(F)c(OCC3(C)COC3)cc2O1. The highest BCUT2D eigenvalue weighted by molar-refractivity contribution is 5.73. The summed E-state index contributed by atoms with van der Waals surface area (Å²) in [6.07, 6.45) is 4.40. The molecule has 2 heterocycles. The molecule has 3 aliphatic rings. The fourth-order valence-electron chi connectivity index (χ4n) is 3.08. The second-order valence-corrected chi connectivity index (χ2v) is 8.20. The fourth-order valence-corrected chi connectivity index (χ4v) is 3.08. The van der Waals surface area contributed by atoms with E-state index in [4.69, 9.17) is 14.2 Å². The van der Waals surface area contributed by atoms with Crippen LogP contribution in [0, 0.1) is 17.2 Å². The highest BCUT2D eigenvalue weighted by Gasteiger charge is 2.35. The molecular weight excluding hydrogens is 321 g/mol. The first-order valence-corrected chi connectivity index (χ1v) is 9.13. The minimum atomic E-state index is -0.349. The maximum atomic E-state index is 14.6. The molecule has 2 aliphatic heterocycles. The number of benzene rings is 1. The second kappa shape index (κ2) is 6.20. The van der Waals surface area contributed by atoms with E-state index in [2.05, 4.69) is 32.2 Å². The topological polar surface area (TPSA) is 39.7 Å². The van der Waals surface area contributed by atoms with E-state index >= 15 is 0 Å². The summed E-state index contributed by atoms with van der Waals surface area (Å²) in [7, 11) is 0. The van der Waals surface area contributed by atoms with Gasteiger partial charge in [-0.2, -0.15) is 0 Å². The lowest BCUT2D eigenvalue weighted by Crippen LogP contribution is -2.44. The van der Waals surface area contributed by atoms with Gasteiger partial charge in [-0.3, -0.25) is 0 Å². The number of nitrogens with one attached hydrogen (secondary N) is 1. The normalized spacial score (nSPS) is 24.0. The molecule has 1 N–H and O–H groups in total. The number of ether oxygens (including phenoxy) is 3. The standard InChI is InChI=1S/C20H26FNO3/c1-12(2)17-7-16(22-13-4-5-13)14-6-15(21)19(8-18(14)25-17)24-11-20(3)9-23-10-20/h6-8,12-13,17,22H,4-5,9-11H2,1-3H3. The van der Waals surface area contributed by atoms with Crippen LogP contribution in [0.2, 0.25) is 0 Å². The van der Waals surface area contributed by atoms with E-state index in [1.807, 2.05) is 0 Å². The Morgan fingerprint density at radius 3 is 2.68 bits per heavy atom. The van der Waals surface area contributed by atoms with Gasteiger partial charge in [-0.25, -0.2) is 4.39 Å². The third kappa shape index (κ3) is 3.47. The van der Waals surface area contributed by atoms with E-state index in [0.717, 1.165) is 11.3 Å². The van der Waals surface area contributed by atoms with Gasteiger partial charge in [0.05, 0.1) is 19.8 Å². The Hall–Kier alpha value is -1.75. The summed E-state index contributed by atoms with van der Waals surface area (Å²) in [5.41, 5.74) is 1.74. The van der Waals surface area contributed by atoms with E-state index in [1.54, 1.807) is 6.07 Å². The van der Waals surface area contributed by atoms with Crippen molar-refractivity contribution in [1.82, 2.24) is 5.32 Å². The van der Waals surface area contributed by atoms with Crippen molar-refractivity contribution in [3.63, 3.8) is 0 Å². The van der Waals surface area contributed by atoms with E-state index in [0.29, 0.717) is 37.5 Å². The molecule has 1 saturated carbocycles. The van der Waals surface area contributed by atoms with Gasteiger partial charge in [0, 0.05) is 28.8 Å². The summed E-state index contributed by atoms with van der Waals surface area (Å²) in [6, 6.07) is 3.73. The Balaban J connectivity index is 1.59. The van der Waals surface area contributed by atoms with Crippen molar-refractivity contribution in [3.05, 3.63) is 29.6 Å². The zero-order valence-corrected chi connectivity index (χ0v) is 15.1. The summed E-state index contributed by atoms with van der Waals surface area (Å²) in [4.78, 5) is 0. The van der Waals surface area contributed by atoms with Crippen LogP contribution in [0.3, 0.4) is 0 Å². The van der Waals surface area contributed by atoms with Crippen LogP contribution in [0.5, 0.6) is 11.5 Å². The molecule has 0 amide bonds. The second-order valence-electron chi connectivity index (χ2n) is 8.20. The van der Waals surface area contributed by atoms with Crippen molar-refractivity contribution in [1.29, 1.82) is 0 Å². The lowest BCUT2D eigenvalue weighted by molar-refractivity contribution is -0.120. The molecule has 0 radical (unpaired) electrons. The minimum Gasteiger partial charge on any atom is -0.490 e. The van der Waals surface area contributed by atoms with Crippen LogP contribution in [0.15, 0.2) is 18.2 Å². The van der Waals surface area contributed by atoms with Crippen LogP contribution in [-0.2, 0) is 4.74 Å². The van der Waals surface area contributed by atoms with Gasteiger partial charge in [0.25, 0.3) is 0 Å². The average molecular weight is 347 g/mol. The Morgan fingerprint density at radius 1 is 1.32 bits per heavy atom. The summed E-state index contributed by atoms with van der Waals surface area (Å²) in [6.45, 7) is 8.09. The lowest BCUT2D eigenvalue weighted by atomic mass is 9.90. The maximum absolute atomic E-state index is 14.6. The van der Waals surface area contributed by atoms with Crippen LogP contribution in [-0.4, -0.2) is 32.0 Å². The molecule has 1 atom stereocenters. The number of fused-ring (bicyclic) bond motifs is 1. The smallest absolute Gasteiger partial charge is 0.166 e. The molecule has 1 aromatic rings. The molecule has 25 heavy (non-hydrogen) atoms. The van der Waals surface area contributed by atoms with Crippen molar-refractivity contribution >= 4 is 5.70 Å². The van der Waals surface area contributed by atoms with Crippen molar-refractivity contribution in [2.24, 2.45) is 11.3 Å². The molecule has 1 aliphatic carbocycles. The minimum absolute atomic E-state index is 0.0235. The third-order valence-corrected chi connectivity index (χ3v) is 4.99. The van der Waals surface area contributed by atoms with Gasteiger partial charge in [-0.05, 0) is 30.9 Å². The largest absolute Gasteiger partial charge is 0.490 e. The molecule has 4 nitrogen and oxygen atoms in total. The van der Waals surface area contributed by atoms with Gasteiger partial charge in [0.1, 0.15) is 11.9 Å². The fraction of sp³-hybridized carbons (Fsp3) is 0.600. The average Bonchev–Trinajstić information content (AvgIpc) is 3.35. The molecule has 5 heteroatoms. The van der Waals surface area contributed by atoms with Gasteiger partial charge < -0.3 is 19.5 Å². The summed E-state index contributed by atoms with van der Waals surface area (Å²) in [5, 5.41) is 3.51. The predicted octanol–water partition coefficient (Wildman–Crippen LogP) is 3.75. The monoisotopic (exact) mass is 347 g/mol. The van der Waals surface area contributed by atoms with Gasteiger partial charge in [-0.15, -0.1) is 0 Å². The Morgan fingerprint density at radius 2 is 2.08 bits per heavy atom. The zero-order chi connectivity index (χ0) is 17.6. The molecule has 4 rings (SSSR count). The summed E-state index contributed by atoms with van der Waals surface area (Å²) < 4.78 is 31.7. The molecule has 2 fully saturated rings. The van der Waals surface area contributed by atoms with Crippen molar-refractivity contribution in [3.8, 4) is 11.5 Å². The Labute approximate surface area is 148 Å². The third-order valence-electron chi connectivity index (χ3n) is 4.99. The van der Waals surface area contributed by atoms with Gasteiger partial charge in [-0.1, -0.05) is 20.8 Å². The van der Waals surface area contributed by atoms with Crippen molar-refractivity contribution in [2.75, 3.05) is 19.8 Å². The number of halogens is 1. The van der Waals surface area contributed by atoms with E-state index in [1.165, 1.54) is 18.9 Å².